The second kappa shape index (κ2) is 14.4. The summed E-state index contributed by atoms with van der Waals surface area (Å²) < 4.78 is 51.4. The van der Waals surface area contributed by atoms with Gasteiger partial charge < -0.3 is 19.7 Å². The number of amides is 2. The van der Waals surface area contributed by atoms with E-state index in [1.54, 1.807) is 18.2 Å². The zero-order valence-corrected chi connectivity index (χ0v) is 25.5. The smallest absolute Gasteiger partial charge is 0.244 e. The second-order valence-corrected chi connectivity index (χ2v) is 12.6. The van der Waals surface area contributed by atoms with Crippen molar-refractivity contribution in [2.45, 2.75) is 50.7 Å². The van der Waals surface area contributed by atoms with Crippen molar-refractivity contribution in [2.75, 3.05) is 31.3 Å². The maximum atomic E-state index is 14.2. The van der Waals surface area contributed by atoms with E-state index < -0.39 is 34.3 Å². The van der Waals surface area contributed by atoms with E-state index in [-0.39, 0.29) is 30.6 Å². The van der Waals surface area contributed by atoms with Gasteiger partial charge in [0, 0.05) is 25.1 Å². The monoisotopic (exact) mass is 611 g/mol. The molecular formula is C32H38FN3O6S. The Hall–Kier alpha value is -4.12. The number of hydrogen-bond acceptors (Lipinski definition) is 6. The molecule has 230 valence electrons. The number of hydrogen-bond donors (Lipinski definition) is 1. The first-order valence-corrected chi connectivity index (χ1v) is 16.0. The predicted octanol–water partition coefficient (Wildman–Crippen LogP) is 4.31. The standard InChI is InChI=1S/C32H38FN3O6S/c1-41-29-18-17-27(20-30(29)42-2)36(43(3,39)40)22-31(37)35(21-24-13-15-25(33)16-14-24)28(19-23-9-5-4-6-10-23)32(38)34-26-11-7-8-12-26/h4-6,9-10,13-18,20,26,28H,7-8,11-12,19,21-22H2,1-3H3,(H,34,38). The first-order valence-electron chi connectivity index (χ1n) is 14.2. The van der Waals surface area contributed by atoms with E-state index in [1.165, 1.54) is 43.4 Å². The molecule has 0 aromatic heterocycles. The molecule has 43 heavy (non-hydrogen) atoms. The third-order valence-corrected chi connectivity index (χ3v) is 8.71. The van der Waals surface area contributed by atoms with E-state index in [9.17, 15) is 22.4 Å². The summed E-state index contributed by atoms with van der Waals surface area (Å²) in [6.45, 7) is -0.601. The second-order valence-electron chi connectivity index (χ2n) is 10.7. The Morgan fingerprint density at radius 3 is 2.19 bits per heavy atom. The summed E-state index contributed by atoms with van der Waals surface area (Å²) in [4.78, 5) is 29.5. The first-order chi connectivity index (χ1) is 20.6. The third-order valence-electron chi connectivity index (χ3n) is 7.57. The molecule has 0 heterocycles. The molecule has 1 atom stereocenters. The SMILES string of the molecule is COc1ccc(N(CC(=O)N(Cc2ccc(F)cc2)C(Cc2ccccc2)C(=O)NC2CCCC2)S(C)(=O)=O)cc1OC. The van der Waals surface area contributed by atoms with Crippen LogP contribution in [0.3, 0.4) is 0 Å². The molecule has 3 aromatic carbocycles. The normalized spacial score (nSPS) is 14.1. The number of nitrogens with one attached hydrogen (secondary N) is 1. The Kier molecular flexibility index (Phi) is 10.6. The molecule has 1 N–H and O–H groups in total. The lowest BCUT2D eigenvalue weighted by Crippen LogP contribution is -2.54. The Bertz CT molecular complexity index is 1500. The van der Waals surface area contributed by atoms with Crippen molar-refractivity contribution in [2.24, 2.45) is 0 Å². The molecule has 1 aliphatic carbocycles. The maximum absolute atomic E-state index is 14.2. The van der Waals surface area contributed by atoms with E-state index in [1.807, 2.05) is 30.3 Å². The van der Waals surface area contributed by atoms with Gasteiger partial charge in [-0.15, -0.1) is 0 Å². The van der Waals surface area contributed by atoms with Crippen LogP contribution in [-0.2, 0) is 32.6 Å². The van der Waals surface area contributed by atoms with Crippen LogP contribution < -0.4 is 19.1 Å². The molecule has 2 amide bonds. The average molecular weight is 612 g/mol. The van der Waals surface area contributed by atoms with Gasteiger partial charge in [-0.25, -0.2) is 12.8 Å². The largest absolute Gasteiger partial charge is 0.493 e. The van der Waals surface area contributed by atoms with Gasteiger partial charge >= 0.3 is 0 Å². The third kappa shape index (κ3) is 8.47. The van der Waals surface area contributed by atoms with Gasteiger partial charge in [0.15, 0.2) is 11.5 Å². The van der Waals surface area contributed by atoms with E-state index in [0.717, 1.165) is 41.8 Å². The molecule has 1 fully saturated rings. The van der Waals surface area contributed by atoms with Gasteiger partial charge in [0.05, 0.1) is 26.2 Å². The molecule has 3 aromatic rings. The fourth-order valence-electron chi connectivity index (χ4n) is 5.30. The van der Waals surface area contributed by atoms with Crippen LogP contribution in [-0.4, -0.2) is 64.2 Å². The Labute approximate surface area is 252 Å². The minimum atomic E-state index is -3.95. The number of halogens is 1. The van der Waals surface area contributed by atoms with Gasteiger partial charge in [-0.2, -0.15) is 0 Å². The van der Waals surface area contributed by atoms with Crippen LogP contribution in [0, 0.1) is 5.82 Å². The van der Waals surface area contributed by atoms with Gasteiger partial charge in [0.2, 0.25) is 21.8 Å². The van der Waals surface area contributed by atoms with Crippen LogP contribution in [0.15, 0.2) is 72.8 Å². The molecule has 1 saturated carbocycles. The summed E-state index contributed by atoms with van der Waals surface area (Å²) in [6.07, 6.45) is 4.97. The average Bonchev–Trinajstić information content (AvgIpc) is 3.51. The van der Waals surface area contributed by atoms with E-state index in [2.05, 4.69) is 5.32 Å². The molecule has 1 aliphatic rings. The van der Waals surface area contributed by atoms with Crippen LogP contribution in [0.5, 0.6) is 11.5 Å². The first kappa shape index (κ1) is 31.8. The highest BCUT2D eigenvalue weighted by atomic mass is 32.2. The topological polar surface area (TPSA) is 105 Å². The predicted molar refractivity (Wildman–Crippen MR) is 163 cm³/mol. The summed E-state index contributed by atoms with van der Waals surface area (Å²) >= 11 is 0. The quantitative estimate of drug-likeness (QED) is 0.309. The summed E-state index contributed by atoms with van der Waals surface area (Å²) in [5.41, 5.74) is 1.63. The minimum absolute atomic E-state index is 0.00725. The lowest BCUT2D eigenvalue weighted by atomic mass is 10.0. The van der Waals surface area contributed by atoms with Crippen molar-refractivity contribution in [3.63, 3.8) is 0 Å². The molecule has 0 aliphatic heterocycles. The number of carbonyl (C=O) groups is 2. The van der Waals surface area contributed by atoms with Crippen LogP contribution in [0.1, 0.15) is 36.8 Å². The molecule has 0 saturated heterocycles. The summed E-state index contributed by atoms with van der Waals surface area (Å²) in [6, 6.07) is 18.6. The fourth-order valence-corrected chi connectivity index (χ4v) is 6.14. The Balaban J connectivity index is 1.73. The summed E-state index contributed by atoms with van der Waals surface area (Å²) in [5.74, 6) is -0.647. The van der Waals surface area contributed by atoms with Crippen molar-refractivity contribution >= 4 is 27.5 Å². The van der Waals surface area contributed by atoms with Crippen molar-refractivity contribution in [3.8, 4) is 11.5 Å². The zero-order chi connectivity index (χ0) is 31.0. The number of ether oxygens (including phenoxy) is 2. The summed E-state index contributed by atoms with van der Waals surface area (Å²) in [5, 5.41) is 3.12. The van der Waals surface area contributed by atoms with E-state index in [0.29, 0.717) is 17.1 Å². The molecular weight excluding hydrogens is 573 g/mol. The molecule has 0 spiro atoms. The Morgan fingerprint density at radius 1 is 0.930 bits per heavy atom. The lowest BCUT2D eigenvalue weighted by molar-refractivity contribution is -0.140. The van der Waals surface area contributed by atoms with Crippen LogP contribution in [0.2, 0.25) is 0 Å². The van der Waals surface area contributed by atoms with Gasteiger partial charge in [-0.05, 0) is 48.2 Å². The number of carbonyl (C=O) groups excluding carboxylic acids is 2. The molecule has 11 heteroatoms. The highest BCUT2D eigenvalue weighted by Gasteiger charge is 2.34. The number of sulfonamides is 1. The summed E-state index contributed by atoms with van der Waals surface area (Å²) in [7, 11) is -1.06. The zero-order valence-electron chi connectivity index (χ0n) is 24.7. The highest BCUT2D eigenvalue weighted by Crippen LogP contribution is 2.32. The van der Waals surface area contributed by atoms with Crippen molar-refractivity contribution < 1.29 is 31.9 Å². The van der Waals surface area contributed by atoms with Gasteiger partial charge in [0.1, 0.15) is 18.4 Å². The molecule has 9 nitrogen and oxygen atoms in total. The molecule has 0 radical (unpaired) electrons. The van der Waals surface area contributed by atoms with E-state index >= 15 is 0 Å². The minimum Gasteiger partial charge on any atom is -0.493 e. The number of anilines is 1. The van der Waals surface area contributed by atoms with Crippen molar-refractivity contribution in [1.29, 1.82) is 0 Å². The van der Waals surface area contributed by atoms with E-state index in [4.69, 9.17) is 9.47 Å². The maximum Gasteiger partial charge on any atom is 0.244 e. The van der Waals surface area contributed by atoms with Crippen molar-refractivity contribution in [1.82, 2.24) is 10.2 Å². The van der Waals surface area contributed by atoms with Crippen LogP contribution in [0.4, 0.5) is 10.1 Å². The molecule has 1 unspecified atom stereocenters. The van der Waals surface area contributed by atoms with Gasteiger partial charge in [0.25, 0.3) is 0 Å². The van der Waals surface area contributed by atoms with Crippen LogP contribution in [0.25, 0.3) is 0 Å². The molecule has 0 bridgehead atoms. The van der Waals surface area contributed by atoms with Gasteiger partial charge in [-0.3, -0.25) is 13.9 Å². The number of rotatable bonds is 13. The number of nitrogens with zero attached hydrogens (tertiary/aromatic N) is 2. The Morgan fingerprint density at radius 2 is 1.58 bits per heavy atom. The van der Waals surface area contributed by atoms with Gasteiger partial charge in [-0.1, -0.05) is 55.3 Å². The molecule has 4 rings (SSSR count). The highest BCUT2D eigenvalue weighted by molar-refractivity contribution is 7.92. The lowest BCUT2D eigenvalue weighted by Gasteiger charge is -2.34. The fraction of sp³-hybridized carbons (Fsp3) is 0.375. The number of methoxy groups -OCH3 is 2. The van der Waals surface area contributed by atoms with Crippen molar-refractivity contribution in [3.05, 3.63) is 89.7 Å². The van der Waals surface area contributed by atoms with Crippen LogP contribution >= 0.6 is 0 Å². The number of benzene rings is 3.